The number of aliphatic hydroxyl groups excluding tert-OH is 3. The smallest absolute Gasteiger partial charge is 0.306 e. The van der Waals surface area contributed by atoms with Gasteiger partial charge in [-0.1, -0.05) is 187 Å². The van der Waals surface area contributed by atoms with E-state index in [4.69, 9.17) is 18.9 Å². The molecule has 0 aliphatic carbocycles. The Bertz CT molecular complexity index is 1070. The lowest BCUT2D eigenvalue weighted by molar-refractivity contribution is -0.297. The zero-order chi connectivity index (χ0) is 42.0. The summed E-state index contributed by atoms with van der Waals surface area (Å²) in [6.45, 7) is 3.77. The molecule has 0 radical (unpaired) electrons. The zero-order valence-corrected chi connectivity index (χ0v) is 36.8. The summed E-state index contributed by atoms with van der Waals surface area (Å²) in [5, 5.41) is 30.9. The van der Waals surface area contributed by atoms with Crippen LogP contribution >= 0.6 is 0 Å². The molecule has 1 rings (SSSR count). The lowest BCUT2D eigenvalue weighted by Crippen LogP contribution is -2.60. The summed E-state index contributed by atoms with van der Waals surface area (Å²) >= 11 is 0. The highest BCUT2D eigenvalue weighted by Gasteiger charge is 2.46. The third-order valence-electron chi connectivity index (χ3n) is 10.9. The highest BCUT2D eigenvalue weighted by atomic mass is 32.2. The van der Waals surface area contributed by atoms with Crippen molar-refractivity contribution in [3.8, 4) is 0 Å². The maximum atomic E-state index is 12.8. The first-order chi connectivity index (χ1) is 27.5. The minimum atomic E-state index is -4.59. The Labute approximate surface area is 346 Å². The van der Waals surface area contributed by atoms with Gasteiger partial charge in [0.15, 0.2) is 12.4 Å². The quantitative estimate of drug-likeness (QED) is 0.0262. The van der Waals surface area contributed by atoms with Crippen LogP contribution in [-0.4, -0.2) is 96.0 Å². The van der Waals surface area contributed by atoms with Crippen molar-refractivity contribution < 1.29 is 56.8 Å². The molecule has 1 saturated heterocycles. The van der Waals surface area contributed by atoms with E-state index in [2.05, 4.69) is 13.8 Å². The van der Waals surface area contributed by atoms with Gasteiger partial charge in [0, 0.05) is 12.8 Å². The molecule has 0 bridgehead atoms. The second kappa shape index (κ2) is 35.4. The van der Waals surface area contributed by atoms with Crippen LogP contribution in [0.2, 0.25) is 0 Å². The van der Waals surface area contributed by atoms with Gasteiger partial charge < -0.3 is 34.3 Å². The van der Waals surface area contributed by atoms with Gasteiger partial charge >= 0.3 is 11.9 Å². The number of rotatable bonds is 39. The van der Waals surface area contributed by atoms with Crippen molar-refractivity contribution >= 4 is 22.1 Å². The number of esters is 2. The summed E-state index contributed by atoms with van der Waals surface area (Å²) in [6, 6.07) is 0. The monoisotopic (exact) mass is 837 g/mol. The molecule has 4 N–H and O–H groups in total. The first kappa shape index (κ1) is 53.7. The van der Waals surface area contributed by atoms with Gasteiger partial charge in [-0.3, -0.25) is 14.1 Å². The Balaban J connectivity index is 2.40. The number of carbonyl (C=O) groups excluding carboxylic acids is 2. The number of carbonyl (C=O) groups is 2. The fraction of sp³-hybridized carbons (Fsp3) is 0.955. The summed E-state index contributed by atoms with van der Waals surface area (Å²) < 4.78 is 54.0. The highest BCUT2D eigenvalue weighted by molar-refractivity contribution is 7.85. The molecule has 1 fully saturated rings. The van der Waals surface area contributed by atoms with Crippen molar-refractivity contribution in [2.24, 2.45) is 0 Å². The van der Waals surface area contributed by atoms with E-state index in [0.29, 0.717) is 12.8 Å². The van der Waals surface area contributed by atoms with Crippen LogP contribution in [0, 0.1) is 0 Å². The fourth-order valence-corrected chi connectivity index (χ4v) is 8.02. The van der Waals surface area contributed by atoms with E-state index < -0.39 is 71.2 Å². The zero-order valence-electron chi connectivity index (χ0n) is 36.0. The van der Waals surface area contributed by atoms with Crippen LogP contribution < -0.4 is 0 Å². The lowest BCUT2D eigenvalue weighted by atomic mass is 10.00. The van der Waals surface area contributed by atoms with E-state index in [1.54, 1.807) is 0 Å². The molecule has 6 atom stereocenters. The molecular weight excluding hydrogens is 753 g/mol. The van der Waals surface area contributed by atoms with Crippen molar-refractivity contribution in [3.05, 3.63) is 0 Å². The van der Waals surface area contributed by atoms with Crippen molar-refractivity contribution in [1.29, 1.82) is 0 Å². The maximum Gasteiger partial charge on any atom is 0.306 e. The van der Waals surface area contributed by atoms with Gasteiger partial charge in [0.2, 0.25) is 0 Å². The van der Waals surface area contributed by atoms with Crippen LogP contribution in [0.4, 0.5) is 0 Å². The molecule has 0 spiro atoms. The molecule has 0 saturated carbocycles. The first-order valence-corrected chi connectivity index (χ1v) is 24.7. The molecule has 338 valence electrons. The van der Waals surface area contributed by atoms with E-state index in [0.717, 1.165) is 38.5 Å². The van der Waals surface area contributed by atoms with Crippen molar-refractivity contribution in [2.75, 3.05) is 19.0 Å². The average Bonchev–Trinajstić information content (AvgIpc) is 3.17. The number of ether oxygens (including phenoxy) is 4. The van der Waals surface area contributed by atoms with E-state index in [9.17, 15) is 37.9 Å². The average molecular weight is 837 g/mol. The topological polar surface area (TPSA) is 186 Å². The van der Waals surface area contributed by atoms with Gasteiger partial charge in [0.25, 0.3) is 10.1 Å². The lowest BCUT2D eigenvalue weighted by Gasteiger charge is -2.40. The molecule has 13 heteroatoms. The summed E-state index contributed by atoms with van der Waals surface area (Å²) in [6.07, 6.45) is 25.8. The van der Waals surface area contributed by atoms with Crippen LogP contribution in [-0.2, 0) is 38.7 Å². The molecule has 1 aliphatic heterocycles. The largest absolute Gasteiger partial charge is 0.462 e. The van der Waals surface area contributed by atoms with Crippen molar-refractivity contribution in [1.82, 2.24) is 0 Å². The Morgan fingerprint density at radius 3 is 1.28 bits per heavy atom. The van der Waals surface area contributed by atoms with Crippen LogP contribution in [0.1, 0.15) is 213 Å². The maximum absolute atomic E-state index is 12.8. The van der Waals surface area contributed by atoms with Gasteiger partial charge in [-0.25, -0.2) is 0 Å². The molecule has 0 aromatic carbocycles. The van der Waals surface area contributed by atoms with Gasteiger partial charge in [-0.2, -0.15) is 8.42 Å². The van der Waals surface area contributed by atoms with Crippen LogP contribution in [0.25, 0.3) is 0 Å². The Morgan fingerprint density at radius 1 is 0.526 bits per heavy atom. The number of hydrogen-bond donors (Lipinski definition) is 4. The first-order valence-electron chi connectivity index (χ1n) is 23.1. The molecule has 57 heavy (non-hydrogen) atoms. The predicted octanol–water partition coefficient (Wildman–Crippen LogP) is 9.29. The number of unbranched alkanes of at least 4 members (excludes halogenated alkanes) is 27. The molecule has 12 nitrogen and oxygen atoms in total. The molecular formula is C44H84O12S. The summed E-state index contributed by atoms with van der Waals surface area (Å²) in [5.74, 6) is -1.96. The van der Waals surface area contributed by atoms with Gasteiger partial charge in [-0.15, -0.1) is 0 Å². The van der Waals surface area contributed by atoms with E-state index >= 15 is 0 Å². The Hall–Kier alpha value is -1.35. The predicted molar refractivity (Wildman–Crippen MR) is 224 cm³/mol. The second-order valence-electron chi connectivity index (χ2n) is 16.4. The standard InChI is InChI=1S/C44H84O12S/c1-3-5-7-9-11-13-15-16-17-18-19-20-21-23-25-27-29-31-33-40(46)55-37(34-53-39(45)32-30-28-26-24-22-14-12-10-8-6-4-2)35-54-44-43(49)42(48)41(47)38(56-44)36-57(50,51)52/h37-38,41-44,47-49H,3-36H2,1-2H3,(H,50,51,52). The molecule has 0 amide bonds. The van der Waals surface area contributed by atoms with Gasteiger partial charge in [0.05, 0.1) is 6.61 Å². The van der Waals surface area contributed by atoms with E-state index in [1.807, 2.05) is 0 Å². The molecule has 1 aliphatic rings. The van der Waals surface area contributed by atoms with E-state index in [1.165, 1.54) is 135 Å². The van der Waals surface area contributed by atoms with Crippen molar-refractivity contribution in [3.63, 3.8) is 0 Å². The molecule has 0 aromatic rings. The SMILES string of the molecule is CCCCCCCCCCCCCCCCCCCCC(=O)OC(COC(=O)CCCCCCCCCCCCC)COC1OC(CS(=O)(=O)O)C(O)C(O)C1O. The summed E-state index contributed by atoms with van der Waals surface area (Å²) in [5.41, 5.74) is 0. The normalized spacial score (nSPS) is 20.4. The number of aliphatic hydroxyl groups is 3. The molecule has 6 unspecified atom stereocenters. The third-order valence-corrected chi connectivity index (χ3v) is 11.7. The third kappa shape index (κ3) is 30.4. The second-order valence-corrected chi connectivity index (χ2v) is 17.9. The van der Waals surface area contributed by atoms with Crippen LogP contribution in [0.15, 0.2) is 0 Å². The van der Waals surface area contributed by atoms with Crippen molar-refractivity contribution in [2.45, 2.75) is 250 Å². The number of hydrogen-bond acceptors (Lipinski definition) is 11. The van der Waals surface area contributed by atoms with E-state index in [-0.39, 0.29) is 19.4 Å². The minimum Gasteiger partial charge on any atom is -0.462 e. The summed E-state index contributed by atoms with van der Waals surface area (Å²) in [7, 11) is -4.59. The Morgan fingerprint density at radius 2 is 0.895 bits per heavy atom. The van der Waals surface area contributed by atoms with Crippen LogP contribution in [0.5, 0.6) is 0 Å². The summed E-state index contributed by atoms with van der Waals surface area (Å²) in [4.78, 5) is 25.4. The molecule has 1 heterocycles. The van der Waals surface area contributed by atoms with Crippen LogP contribution in [0.3, 0.4) is 0 Å². The fourth-order valence-electron chi connectivity index (χ4n) is 7.33. The van der Waals surface area contributed by atoms with Gasteiger partial charge in [0.1, 0.15) is 36.8 Å². The van der Waals surface area contributed by atoms with Gasteiger partial charge in [-0.05, 0) is 12.8 Å². The Kier molecular flexibility index (Phi) is 33.3. The molecule has 0 aromatic heterocycles. The minimum absolute atomic E-state index is 0.172. The highest BCUT2D eigenvalue weighted by Crippen LogP contribution is 2.24.